The highest BCUT2D eigenvalue weighted by Gasteiger charge is 2.29. The van der Waals surface area contributed by atoms with Crippen LogP contribution in [0.3, 0.4) is 0 Å². The number of rotatable bonds is 7. The van der Waals surface area contributed by atoms with Crippen molar-refractivity contribution in [3.63, 3.8) is 0 Å². The van der Waals surface area contributed by atoms with E-state index in [-0.39, 0.29) is 12.4 Å². The van der Waals surface area contributed by atoms with Gasteiger partial charge in [-0.25, -0.2) is 8.42 Å². The van der Waals surface area contributed by atoms with Crippen molar-refractivity contribution < 1.29 is 13.2 Å². The zero-order valence-electron chi connectivity index (χ0n) is 14.1. The standard InChI is InChI=1S/C19H19N3O3S/c23-26(24,13-14-4-5-14)17-3-1-2-15(10-17)12-25-16-6-7-18(20-11-16)19-8-9-21-22-19/h1-3,6-11,14H,4-5,12-13H2,(H,21,22). The molecule has 1 aromatic carbocycles. The number of ether oxygens (including phenoxy) is 1. The second kappa shape index (κ2) is 6.92. The molecule has 26 heavy (non-hydrogen) atoms. The number of H-pyrrole nitrogens is 1. The zero-order chi connectivity index (χ0) is 18.0. The molecule has 6 nitrogen and oxygen atoms in total. The molecule has 1 aliphatic carbocycles. The highest BCUT2D eigenvalue weighted by Crippen LogP contribution is 2.32. The average Bonchev–Trinajstić information content (AvgIpc) is 3.28. The molecule has 2 heterocycles. The van der Waals surface area contributed by atoms with Crippen LogP contribution in [-0.2, 0) is 16.4 Å². The summed E-state index contributed by atoms with van der Waals surface area (Å²) in [5, 5.41) is 6.76. The molecule has 3 aromatic rings. The van der Waals surface area contributed by atoms with Gasteiger partial charge in [0, 0.05) is 6.20 Å². The van der Waals surface area contributed by atoms with E-state index < -0.39 is 9.84 Å². The van der Waals surface area contributed by atoms with Gasteiger partial charge >= 0.3 is 0 Å². The molecule has 4 rings (SSSR count). The number of hydrogen-bond acceptors (Lipinski definition) is 5. The Labute approximate surface area is 152 Å². The second-order valence-corrected chi connectivity index (χ2v) is 8.54. The van der Waals surface area contributed by atoms with E-state index in [0.717, 1.165) is 29.8 Å². The van der Waals surface area contributed by atoms with Gasteiger partial charge in [-0.3, -0.25) is 10.1 Å². The summed E-state index contributed by atoms with van der Waals surface area (Å²) >= 11 is 0. The molecular formula is C19H19N3O3S. The number of benzene rings is 1. The lowest BCUT2D eigenvalue weighted by atomic mass is 10.2. The summed E-state index contributed by atoms with van der Waals surface area (Å²) in [6.45, 7) is 0.290. The van der Waals surface area contributed by atoms with Crippen LogP contribution in [0, 0.1) is 5.92 Å². The first kappa shape index (κ1) is 16.8. The average molecular weight is 369 g/mol. The van der Waals surface area contributed by atoms with Crippen molar-refractivity contribution >= 4 is 9.84 Å². The van der Waals surface area contributed by atoms with Crippen LogP contribution >= 0.6 is 0 Å². The quantitative estimate of drug-likeness (QED) is 0.691. The number of hydrogen-bond donors (Lipinski definition) is 1. The molecule has 7 heteroatoms. The van der Waals surface area contributed by atoms with Crippen molar-refractivity contribution in [2.75, 3.05) is 5.75 Å². The summed E-state index contributed by atoms with van der Waals surface area (Å²) < 4.78 is 30.5. The fourth-order valence-corrected chi connectivity index (χ4v) is 4.47. The maximum Gasteiger partial charge on any atom is 0.178 e. The zero-order valence-corrected chi connectivity index (χ0v) is 14.9. The predicted molar refractivity (Wildman–Crippen MR) is 97.4 cm³/mol. The van der Waals surface area contributed by atoms with Crippen molar-refractivity contribution in [1.82, 2.24) is 15.2 Å². The molecule has 0 aliphatic heterocycles. The lowest BCUT2D eigenvalue weighted by Gasteiger charge is -2.09. The molecule has 1 fully saturated rings. The van der Waals surface area contributed by atoms with Crippen LogP contribution in [0.25, 0.3) is 11.4 Å². The highest BCUT2D eigenvalue weighted by molar-refractivity contribution is 7.91. The lowest BCUT2D eigenvalue weighted by Crippen LogP contribution is -2.09. The van der Waals surface area contributed by atoms with Crippen LogP contribution in [0.1, 0.15) is 18.4 Å². The third-order valence-electron chi connectivity index (χ3n) is 4.33. The van der Waals surface area contributed by atoms with Crippen LogP contribution in [0.2, 0.25) is 0 Å². The molecular weight excluding hydrogens is 350 g/mol. The van der Waals surface area contributed by atoms with E-state index in [1.165, 1.54) is 0 Å². The summed E-state index contributed by atoms with van der Waals surface area (Å²) in [6, 6.07) is 12.5. The van der Waals surface area contributed by atoms with E-state index in [4.69, 9.17) is 4.74 Å². The minimum absolute atomic E-state index is 0.246. The molecule has 1 aliphatic rings. The monoisotopic (exact) mass is 369 g/mol. The SMILES string of the molecule is O=S(=O)(CC1CC1)c1cccc(COc2ccc(-c3ccn[nH]3)nc2)c1. The van der Waals surface area contributed by atoms with Crippen LogP contribution in [0.4, 0.5) is 0 Å². The van der Waals surface area contributed by atoms with Crippen LogP contribution in [0.5, 0.6) is 5.75 Å². The van der Waals surface area contributed by atoms with Crippen molar-refractivity contribution in [3.05, 3.63) is 60.4 Å². The molecule has 0 amide bonds. The molecule has 0 bridgehead atoms. The van der Waals surface area contributed by atoms with Crippen LogP contribution in [-0.4, -0.2) is 29.4 Å². The van der Waals surface area contributed by atoms with Gasteiger partial charge in [0.15, 0.2) is 9.84 Å². The van der Waals surface area contributed by atoms with E-state index in [0.29, 0.717) is 16.6 Å². The Bertz CT molecular complexity index is 979. The molecule has 134 valence electrons. The predicted octanol–water partition coefficient (Wildman–Crippen LogP) is 3.23. The van der Waals surface area contributed by atoms with E-state index in [1.54, 1.807) is 30.6 Å². The highest BCUT2D eigenvalue weighted by atomic mass is 32.2. The van der Waals surface area contributed by atoms with Gasteiger partial charge in [-0.15, -0.1) is 0 Å². The Morgan fingerprint density at radius 3 is 2.73 bits per heavy atom. The minimum Gasteiger partial charge on any atom is -0.487 e. The fraction of sp³-hybridized carbons (Fsp3) is 0.263. The molecule has 1 saturated carbocycles. The van der Waals surface area contributed by atoms with Crippen molar-refractivity contribution in [2.24, 2.45) is 5.92 Å². The van der Waals surface area contributed by atoms with Crippen molar-refractivity contribution in [2.45, 2.75) is 24.3 Å². The molecule has 2 aromatic heterocycles. The largest absolute Gasteiger partial charge is 0.487 e. The topological polar surface area (TPSA) is 84.9 Å². The first-order chi connectivity index (χ1) is 12.6. The molecule has 0 unspecified atom stereocenters. The number of pyridine rings is 1. The van der Waals surface area contributed by atoms with Gasteiger partial charge in [0.2, 0.25) is 0 Å². The van der Waals surface area contributed by atoms with Gasteiger partial charge in [0.05, 0.1) is 28.2 Å². The maximum atomic E-state index is 12.4. The Kier molecular flexibility index (Phi) is 4.46. The van der Waals surface area contributed by atoms with E-state index in [2.05, 4.69) is 15.2 Å². The molecule has 0 radical (unpaired) electrons. The normalized spacial score (nSPS) is 14.3. The van der Waals surface area contributed by atoms with E-state index >= 15 is 0 Å². The maximum absolute atomic E-state index is 12.4. The van der Waals surface area contributed by atoms with Gasteiger partial charge in [0.1, 0.15) is 12.4 Å². The second-order valence-electron chi connectivity index (χ2n) is 6.51. The number of sulfone groups is 1. The molecule has 0 atom stereocenters. The number of aromatic nitrogens is 3. The Morgan fingerprint density at radius 2 is 2.04 bits per heavy atom. The third kappa shape index (κ3) is 3.94. The molecule has 0 saturated heterocycles. The van der Waals surface area contributed by atoms with Gasteiger partial charge in [-0.05, 0) is 54.7 Å². The summed E-state index contributed by atoms with van der Waals surface area (Å²) in [4.78, 5) is 4.71. The number of nitrogens with one attached hydrogen (secondary N) is 1. The van der Waals surface area contributed by atoms with Gasteiger partial charge in [-0.1, -0.05) is 12.1 Å². The lowest BCUT2D eigenvalue weighted by molar-refractivity contribution is 0.305. The van der Waals surface area contributed by atoms with Gasteiger partial charge in [0.25, 0.3) is 0 Å². The Balaban J connectivity index is 1.42. The van der Waals surface area contributed by atoms with E-state index in [9.17, 15) is 8.42 Å². The van der Waals surface area contributed by atoms with Gasteiger partial charge in [-0.2, -0.15) is 5.10 Å². The third-order valence-corrected chi connectivity index (χ3v) is 6.21. The van der Waals surface area contributed by atoms with E-state index in [1.807, 2.05) is 24.3 Å². The number of aromatic amines is 1. The summed E-state index contributed by atoms with van der Waals surface area (Å²) in [5.41, 5.74) is 2.44. The Hall–Kier alpha value is -2.67. The number of nitrogens with zero attached hydrogens (tertiary/aromatic N) is 2. The summed E-state index contributed by atoms with van der Waals surface area (Å²) in [6.07, 6.45) is 5.35. The molecule has 0 spiro atoms. The summed E-state index contributed by atoms with van der Waals surface area (Å²) in [5.74, 6) is 1.20. The first-order valence-electron chi connectivity index (χ1n) is 8.50. The Morgan fingerprint density at radius 1 is 1.15 bits per heavy atom. The minimum atomic E-state index is -3.21. The summed E-state index contributed by atoms with van der Waals surface area (Å²) in [7, 11) is -3.21. The molecule has 1 N–H and O–H groups in total. The van der Waals surface area contributed by atoms with Crippen molar-refractivity contribution in [3.8, 4) is 17.1 Å². The smallest absolute Gasteiger partial charge is 0.178 e. The van der Waals surface area contributed by atoms with Crippen molar-refractivity contribution in [1.29, 1.82) is 0 Å². The van der Waals surface area contributed by atoms with Crippen LogP contribution < -0.4 is 4.74 Å². The fourth-order valence-electron chi connectivity index (χ4n) is 2.71. The van der Waals surface area contributed by atoms with Gasteiger partial charge < -0.3 is 4.74 Å². The van der Waals surface area contributed by atoms with Crippen LogP contribution in [0.15, 0.2) is 59.8 Å². The first-order valence-corrected chi connectivity index (χ1v) is 10.2.